The number of pyridine rings is 1. The van der Waals surface area contributed by atoms with Crippen LogP contribution < -0.4 is 20.8 Å². The lowest BCUT2D eigenvalue weighted by Crippen LogP contribution is -2.45. The number of nitrogen functional groups attached to an aromatic ring is 1. The van der Waals surface area contributed by atoms with Gasteiger partial charge in [-0.05, 0) is 14.0 Å². The maximum absolute atomic E-state index is 15.2. The Kier molecular flexibility index (Phi) is 3.84. The van der Waals surface area contributed by atoms with Crippen LogP contribution in [0.3, 0.4) is 0 Å². The van der Waals surface area contributed by atoms with Gasteiger partial charge in [-0.3, -0.25) is 4.79 Å². The van der Waals surface area contributed by atoms with E-state index in [-0.39, 0.29) is 28.0 Å². The molecule has 2 aliphatic rings. The third-order valence-electron chi connectivity index (χ3n) is 5.13. The molecule has 0 unspecified atom stereocenters. The molecule has 8 nitrogen and oxygen atoms in total. The lowest BCUT2D eigenvalue weighted by Gasteiger charge is -2.36. The number of nitrogens with zero attached hydrogens (tertiary/aromatic N) is 3. The van der Waals surface area contributed by atoms with E-state index in [4.69, 9.17) is 10.5 Å². The van der Waals surface area contributed by atoms with Crippen LogP contribution in [-0.2, 0) is 0 Å². The van der Waals surface area contributed by atoms with Crippen molar-refractivity contribution in [3.05, 3.63) is 34.1 Å². The van der Waals surface area contributed by atoms with Gasteiger partial charge in [0.2, 0.25) is 5.43 Å². The van der Waals surface area contributed by atoms with Crippen LogP contribution >= 0.6 is 0 Å². The molecule has 1 aromatic carbocycles. The Labute approximate surface area is 153 Å². The highest BCUT2D eigenvalue weighted by atomic mass is 19.1. The number of aromatic carboxylic acids is 1. The van der Waals surface area contributed by atoms with Crippen LogP contribution in [-0.4, -0.2) is 53.8 Å². The van der Waals surface area contributed by atoms with Crippen LogP contribution in [0, 0.1) is 5.82 Å². The van der Waals surface area contributed by atoms with E-state index < -0.39 is 22.8 Å². The number of carboxylic acid groups (broad SMARTS) is 1. The second kappa shape index (κ2) is 5.98. The zero-order valence-electron chi connectivity index (χ0n) is 15.0. The van der Waals surface area contributed by atoms with E-state index in [2.05, 4.69) is 4.90 Å². The van der Waals surface area contributed by atoms with Crippen LogP contribution in [0.1, 0.15) is 17.3 Å². The summed E-state index contributed by atoms with van der Waals surface area (Å²) >= 11 is 0. The molecule has 2 aromatic rings. The molecule has 1 saturated heterocycles. The number of ether oxygens (including phenoxy) is 1. The number of carbonyl (C=O) groups is 1. The standard InChI is InChI=1S/C18H19FN4O4/c1-9-8-27-17-14-11(16(24)10(18(25)26)7-23(9)14)13(20)12(19)15(17)22-5-3-21(2)4-6-22/h7-8H,3-6,20H2,1-2H3,(H,25,26). The SMILES string of the molecule is CC1=COc2c(N3CCN(C)CC3)c(F)c(N)c3c(=O)c(C(=O)O)cn1c23. The molecule has 9 heteroatoms. The summed E-state index contributed by atoms with van der Waals surface area (Å²) in [5, 5.41) is 9.18. The third kappa shape index (κ3) is 2.46. The molecule has 2 aliphatic heterocycles. The Morgan fingerprint density at radius 1 is 1.30 bits per heavy atom. The van der Waals surface area contributed by atoms with E-state index >= 15 is 4.39 Å². The number of allylic oxidation sites excluding steroid dienone is 1. The molecule has 1 fully saturated rings. The lowest BCUT2D eigenvalue weighted by atomic mass is 10.0. The molecule has 0 atom stereocenters. The third-order valence-corrected chi connectivity index (χ3v) is 5.13. The Bertz CT molecular complexity index is 1070. The molecule has 142 valence electrons. The topological polar surface area (TPSA) is 101 Å². The minimum absolute atomic E-state index is 0.173. The fraction of sp³-hybridized carbons (Fsp3) is 0.333. The van der Waals surface area contributed by atoms with Crippen LogP contribution in [0.15, 0.2) is 17.3 Å². The fourth-order valence-electron chi connectivity index (χ4n) is 3.59. The van der Waals surface area contributed by atoms with Crippen molar-refractivity contribution in [2.45, 2.75) is 6.92 Å². The maximum Gasteiger partial charge on any atom is 0.341 e. The first-order chi connectivity index (χ1) is 12.8. The smallest absolute Gasteiger partial charge is 0.341 e. The van der Waals surface area contributed by atoms with Crippen molar-refractivity contribution in [1.29, 1.82) is 0 Å². The van der Waals surface area contributed by atoms with Gasteiger partial charge in [-0.1, -0.05) is 0 Å². The van der Waals surface area contributed by atoms with Crippen molar-refractivity contribution in [2.24, 2.45) is 0 Å². The number of hydrogen-bond acceptors (Lipinski definition) is 6. The average molecular weight is 374 g/mol. The van der Waals surface area contributed by atoms with E-state index in [9.17, 15) is 14.7 Å². The number of likely N-dealkylation sites (N-methyl/N-ethyl adjacent to an activating group) is 1. The highest BCUT2D eigenvalue weighted by Crippen LogP contribution is 2.44. The summed E-state index contributed by atoms with van der Waals surface area (Å²) in [6.45, 7) is 4.35. The van der Waals surface area contributed by atoms with Gasteiger partial charge >= 0.3 is 5.97 Å². The number of anilines is 2. The van der Waals surface area contributed by atoms with Crippen molar-refractivity contribution >= 4 is 33.9 Å². The number of halogens is 1. The zero-order chi connectivity index (χ0) is 19.5. The largest absolute Gasteiger partial charge is 0.477 e. The molecule has 1 aromatic heterocycles. The normalized spacial score (nSPS) is 17.0. The summed E-state index contributed by atoms with van der Waals surface area (Å²) < 4.78 is 22.5. The van der Waals surface area contributed by atoms with Crippen molar-refractivity contribution in [2.75, 3.05) is 43.9 Å². The summed E-state index contributed by atoms with van der Waals surface area (Å²) in [5.74, 6) is -1.98. The van der Waals surface area contributed by atoms with E-state index in [0.29, 0.717) is 18.8 Å². The molecular formula is C18H19FN4O4. The first-order valence-corrected chi connectivity index (χ1v) is 8.52. The summed E-state index contributed by atoms with van der Waals surface area (Å²) in [7, 11) is 1.99. The summed E-state index contributed by atoms with van der Waals surface area (Å²) in [6, 6.07) is 0. The van der Waals surface area contributed by atoms with Crippen molar-refractivity contribution < 1.29 is 19.0 Å². The van der Waals surface area contributed by atoms with Gasteiger partial charge in [-0.2, -0.15) is 0 Å². The van der Waals surface area contributed by atoms with E-state index in [1.54, 1.807) is 6.92 Å². The van der Waals surface area contributed by atoms with Gasteiger partial charge < -0.3 is 29.9 Å². The molecule has 4 rings (SSSR count). The van der Waals surface area contributed by atoms with Gasteiger partial charge in [-0.25, -0.2) is 9.18 Å². The van der Waals surface area contributed by atoms with Gasteiger partial charge in [0.15, 0.2) is 11.6 Å². The van der Waals surface area contributed by atoms with Gasteiger partial charge in [0.05, 0.1) is 16.8 Å². The molecule has 0 radical (unpaired) electrons. The summed E-state index contributed by atoms with van der Waals surface area (Å²) in [6.07, 6.45) is 2.64. The fourth-order valence-corrected chi connectivity index (χ4v) is 3.59. The monoisotopic (exact) mass is 374 g/mol. The number of hydrogen-bond donors (Lipinski definition) is 2. The van der Waals surface area contributed by atoms with Crippen molar-refractivity contribution in [3.8, 4) is 5.75 Å². The zero-order valence-corrected chi connectivity index (χ0v) is 15.0. The van der Waals surface area contributed by atoms with Gasteiger partial charge in [0.25, 0.3) is 0 Å². The van der Waals surface area contributed by atoms with Crippen molar-refractivity contribution in [1.82, 2.24) is 9.47 Å². The predicted molar refractivity (Wildman–Crippen MR) is 99.8 cm³/mol. The van der Waals surface area contributed by atoms with Crippen LogP contribution in [0.2, 0.25) is 0 Å². The number of benzene rings is 1. The highest BCUT2D eigenvalue weighted by Gasteiger charge is 2.31. The maximum atomic E-state index is 15.2. The molecule has 0 saturated carbocycles. The minimum Gasteiger partial charge on any atom is -0.477 e. The average Bonchev–Trinajstić information content (AvgIpc) is 2.63. The summed E-state index contributed by atoms with van der Waals surface area (Å²) in [5.41, 5.74) is 5.39. The molecular weight excluding hydrogens is 355 g/mol. The number of aromatic nitrogens is 1. The first-order valence-electron chi connectivity index (χ1n) is 8.52. The number of rotatable bonds is 2. The molecule has 3 heterocycles. The number of piperazine rings is 1. The van der Waals surface area contributed by atoms with Crippen molar-refractivity contribution in [3.63, 3.8) is 0 Å². The van der Waals surface area contributed by atoms with Gasteiger partial charge in [-0.15, -0.1) is 0 Å². The van der Waals surface area contributed by atoms with Crippen LogP contribution in [0.25, 0.3) is 16.6 Å². The molecule has 27 heavy (non-hydrogen) atoms. The van der Waals surface area contributed by atoms with E-state index in [1.807, 2.05) is 11.9 Å². The van der Waals surface area contributed by atoms with Gasteiger partial charge in [0, 0.05) is 32.4 Å². The van der Waals surface area contributed by atoms with Crippen LogP contribution in [0.5, 0.6) is 5.75 Å². The molecule has 0 spiro atoms. The lowest BCUT2D eigenvalue weighted by molar-refractivity contribution is 0.0695. The highest BCUT2D eigenvalue weighted by molar-refractivity contribution is 6.04. The Hall–Kier alpha value is -3.07. The Balaban J connectivity index is 2.08. The quantitative estimate of drug-likeness (QED) is 0.766. The Morgan fingerprint density at radius 3 is 2.59 bits per heavy atom. The molecule has 0 aliphatic carbocycles. The first kappa shape index (κ1) is 17.3. The minimum atomic E-state index is -1.39. The molecule has 0 bridgehead atoms. The second-order valence-corrected chi connectivity index (χ2v) is 6.84. The number of nitrogens with two attached hydrogens (primary N) is 1. The predicted octanol–water partition coefficient (Wildman–Crippen LogP) is 1.38. The van der Waals surface area contributed by atoms with E-state index in [1.165, 1.54) is 17.0 Å². The summed E-state index contributed by atoms with van der Waals surface area (Å²) in [4.78, 5) is 28.1. The van der Waals surface area contributed by atoms with Gasteiger partial charge in [0.1, 0.15) is 23.0 Å². The molecule has 0 amide bonds. The van der Waals surface area contributed by atoms with Crippen LogP contribution in [0.4, 0.5) is 15.8 Å². The second-order valence-electron chi connectivity index (χ2n) is 6.84. The van der Waals surface area contributed by atoms with E-state index in [0.717, 1.165) is 13.1 Å². The Morgan fingerprint density at radius 2 is 1.96 bits per heavy atom. The number of carboxylic acids is 1. The molecule has 3 N–H and O–H groups in total.